The number of hydrogen-bond acceptors (Lipinski definition) is 7. The molecule has 1 saturated heterocycles. The zero-order chi connectivity index (χ0) is 20.3. The van der Waals surface area contributed by atoms with E-state index < -0.39 is 5.60 Å². The monoisotopic (exact) mass is 403 g/mol. The summed E-state index contributed by atoms with van der Waals surface area (Å²) in [6.45, 7) is 7.94. The molecule has 28 heavy (non-hydrogen) atoms. The van der Waals surface area contributed by atoms with Crippen LogP contribution in [0.25, 0.3) is 0 Å². The number of carbonyl (C=O) groups is 2. The molecule has 0 bridgehead atoms. The molecule has 3 rings (SSSR count). The highest BCUT2D eigenvalue weighted by Gasteiger charge is 2.27. The number of nitrogens with two attached hydrogens (primary N) is 1. The van der Waals surface area contributed by atoms with Crippen LogP contribution in [0.2, 0.25) is 0 Å². The molecule has 2 aromatic rings. The quantitative estimate of drug-likeness (QED) is 0.764. The van der Waals surface area contributed by atoms with Gasteiger partial charge in [0.1, 0.15) is 10.5 Å². The van der Waals surface area contributed by atoms with Gasteiger partial charge in [0, 0.05) is 26.2 Å². The van der Waals surface area contributed by atoms with E-state index >= 15 is 0 Å². The van der Waals surface area contributed by atoms with E-state index in [4.69, 9.17) is 10.5 Å². The predicted molar refractivity (Wildman–Crippen MR) is 111 cm³/mol. The molecule has 0 aliphatic carbocycles. The van der Waals surface area contributed by atoms with Gasteiger partial charge in [-0.25, -0.2) is 9.78 Å². The van der Waals surface area contributed by atoms with Crippen molar-refractivity contribution in [2.24, 2.45) is 0 Å². The van der Waals surface area contributed by atoms with E-state index in [0.29, 0.717) is 42.4 Å². The molecule has 0 saturated carbocycles. The highest BCUT2D eigenvalue weighted by molar-refractivity contribution is 7.17. The van der Waals surface area contributed by atoms with Crippen LogP contribution < -0.4 is 16.0 Å². The fraction of sp³-hybridized carbons (Fsp3) is 0.421. The number of thiazole rings is 1. The Bertz CT molecular complexity index is 853. The smallest absolute Gasteiger partial charge is 0.410 e. The van der Waals surface area contributed by atoms with Gasteiger partial charge in [-0.15, -0.1) is 0 Å². The first-order valence-corrected chi connectivity index (χ1v) is 9.89. The summed E-state index contributed by atoms with van der Waals surface area (Å²) in [6, 6.07) is 7.11. The average molecular weight is 404 g/mol. The number of amides is 2. The van der Waals surface area contributed by atoms with Crippen molar-refractivity contribution in [3.63, 3.8) is 0 Å². The lowest BCUT2D eigenvalue weighted by atomic mass is 10.2. The van der Waals surface area contributed by atoms with Crippen molar-refractivity contribution in [2.45, 2.75) is 26.4 Å². The first-order chi connectivity index (χ1) is 13.2. The molecule has 0 radical (unpaired) electrons. The van der Waals surface area contributed by atoms with E-state index in [2.05, 4.69) is 15.2 Å². The number of anilines is 3. The van der Waals surface area contributed by atoms with Gasteiger partial charge in [-0.05, 0) is 32.9 Å². The van der Waals surface area contributed by atoms with Gasteiger partial charge >= 0.3 is 6.09 Å². The van der Waals surface area contributed by atoms with E-state index in [1.54, 1.807) is 23.2 Å². The number of nitrogens with one attached hydrogen (secondary N) is 1. The van der Waals surface area contributed by atoms with Crippen molar-refractivity contribution in [3.05, 3.63) is 35.3 Å². The highest BCUT2D eigenvalue weighted by Crippen LogP contribution is 2.26. The summed E-state index contributed by atoms with van der Waals surface area (Å²) in [5, 5.41) is 3.56. The lowest BCUT2D eigenvalue weighted by Crippen LogP contribution is -2.50. The summed E-state index contributed by atoms with van der Waals surface area (Å²) >= 11 is 1.32. The van der Waals surface area contributed by atoms with Crippen molar-refractivity contribution in [1.29, 1.82) is 0 Å². The van der Waals surface area contributed by atoms with Gasteiger partial charge < -0.3 is 25.6 Å². The largest absolute Gasteiger partial charge is 0.444 e. The summed E-state index contributed by atoms with van der Waals surface area (Å²) < 4.78 is 5.41. The Kier molecular flexibility index (Phi) is 5.73. The molecule has 0 unspecified atom stereocenters. The van der Waals surface area contributed by atoms with Gasteiger partial charge in [-0.2, -0.15) is 0 Å². The van der Waals surface area contributed by atoms with E-state index in [1.807, 2.05) is 32.9 Å². The Morgan fingerprint density at radius 1 is 1.18 bits per heavy atom. The maximum atomic E-state index is 12.5. The minimum atomic E-state index is -0.506. The zero-order valence-corrected chi connectivity index (χ0v) is 17.1. The van der Waals surface area contributed by atoms with Crippen LogP contribution in [0.3, 0.4) is 0 Å². The number of para-hydroxylation sites is 2. The molecular weight excluding hydrogens is 378 g/mol. The molecule has 0 atom stereocenters. The van der Waals surface area contributed by atoms with Crippen LogP contribution in [0, 0.1) is 0 Å². The number of hydrogen-bond donors (Lipinski definition) is 2. The van der Waals surface area contributed by atoms with Gasteiger partial charge in [-0.1, -0.05) is 23.5 Å². The van der Waals surface area contributed by atoms with Gasteiger partial charge in [0.15, 0.2) is 5.13 Å². The minimum absolute atomic E-state index is 0.242. The first kappa shape index (κ1) is 19.9. The fourth-order valence-corrected chi connectivity index (χ4v) is 3.58. The van der Waals surface area contributed by atoms with E-state index in [1.165, 1.54) is 11.3 Å². The number of ether oxygens (including phenoxy) is 1. The molecule has 2 amide bonds. The minimum Gasteiger partial charge on any atom is -0.444 e. The van der Waals surface area contributed by atoms with Crippen LogP contribution in [0.15, 0.2) is 30.5 Å². The summed E-state index contributed by atoms with van der Waals surface area (Å²) in [7, 11) is 0. The average Bonchev–Trinajstić information content (AvgIpc) is 3.12. The second-order valence-electron chi connectivity index (χ2n) is 7.50. The molecule has 0 spiro atoms. The van der Waals surface area contributed by atoms with Gasteiger partial charge in [0.05, 0.1) is 17.6 Å². The highest BCUT2D eigenvalue weighted by atomic mass is 32.1. The van der Waals surface area contributed by atoms with Crippen LogP contribution in [-0.4, -0.2) is 53.7 Å². The van der Waals surface area contributed by atoms with E-state index in [9.17, 15) is 9.59 Å². The number of rotatable bonds is 3. The van der Waals surface area contributed by atoms with Crippen molar-refractivity contribution in [3.8, 4) is 0 Å². The van der Waals surface area contributed by atoms with Gasteiger partial charge in [0.2, 0.25) is 0 Å². The second kappa shape index (κ2) is 8.05. The fourth-order valence-electron chi connectivity index (χ4n) is 2.72. The van der Waals surface area contributed by atoms with Crippen molar-refractivity contribution < 1.29 is 14.3 Å². The molecule has 1 aliphatic heterocycles. The van der Waals surface area contributed by atoms with Crippen LogP contribution in [0.4, 0.5) is 21.3 Å². The Morgan fingerprint density at radius 3 is 2.50 bits per heavy atom. The SMILES string of the molecule is CC(C)(C)OC(=O)N1CCN(c2ncc(C(=O)Nc3ccccc3N)s2)CC1. The molecule has 3 N–H and O–H groups in total. The van der Waals surface area contributed by atoms with Gasteiger partial charge in [-0.3, -0.25) is 4.79 Å². The van der Waals surface area contributed by atoms with Crippen molar-refractivity contribution in [1.82, 2.24) is 9.88 Å². The maximum Gasteiger partial charge on any atom is 0.410 e. The molecule has 1 aliphatic rings. The Hall–Kier alpha value is -2.81. The summed E-state index contributed by atoms with van der Waals surface area (Å²) in [5.41, 5.74) is 6.45. The number of nitrogens with zero attached hydrogens (tertiary/aromatic N) is 3. The Morgan fingerprint density at radius 2 is 1.86 bits per heavy atom. The number of aromatic nitrogens is 1. The Labute approximate surface area is 168 Å². The van der Waals surface area contributed by atoms with Crippen molar-refractivity contribution >= 4 is 39.8 Å². The molecule has 8 nitrogen and oxygen atoms in total. The van der Waals surface area contributed by atoms with E-state index in [-0.39, 0.29) is 12.0 Å². The lowest BCUT2D eigenvalue weighted by molar-refractivity contribution is 0.0240. The molecule has 2 heterocycles. The first-order valence-electron chi connectivity index (χ1n) is 9.07. The molecule has 1 fully saturated rings. The third-order valence-corrected chi connectivity index (χ3v) is 5.19. The summed E-state index contributed by atoms with van der Waals surface area (Å²) in [5.74, 6) is -0.242. The van der Waals surface area contributed by atoms with E-state index in [0.717, 1.165) is 5.13 Å². The lowest BCUT2D eigenvalue weighted by Gasteiger charge is -2.35. The van der Waals surface area contributed by atoms with Crippen molar-refractivity contribution in [2.75, 3.05) is 42.1 Å². The predicted octanol–water partition coefficient (Wildman–Crippen LogP) is 3.03. The van der Waals surface area contributed by atoms with Crippen LogP contribution >= 0.6 is 11.3 Å². The summed E-state index contributed by atoms with van der Waals surface area (Å²) in [4.78, 5) is 33.3. The van der Waals surface area contributed by atoms with Gasteiger partial charge in [0.25, 0.3) is 5.91 Å². The van der Waals surface area contributed by atoms with Crippen LogP contribution in [-0.2, 0) is 4.74 Å². The molecule has 9 heteroatoms. The molecule has 1 aromatic carbocycles. The number of nitrogen functional groups attached to an aromatic ring is 1. The Balaban J connectivity index is 1.57. The second-order valence-corrected chi connectivity index (χ2v) is 8.51. The van der Waals surface area contributed by atoms with Crippen LogP contribution in [0.1, 0.15) is 30.4 Å². The normalized spacial score (nSPS) is 14.7. The standard InChI is InChI=1S/C19H25N5O3S/c1-19(2,3)27-18(26)24-10-8-23(9-11-24)17-21-12-15(28-17)16(25)22-14-7-5-4-6-13(14)20/h4-7,12H,8-11,20H2,1-3H3,(H,22,25). The number of piperazine rings is 1. The topological polar surface area (TPSA) is 101 Å². The third-order valence-electron chi connectivity index (χ3n) is 4.13. The molecular formula is C19H25N5O3S. The van der Waals surface area contributed by atoms with Crippen LogP contribution in [0.5, 0.6) is 0 Å². The number of carbonyl (C=O) groups excluding carboxylic acids is 2. The third kappa shape index (κ3) is 4.92. The number of benzene rings is 1. The summed E-state index contributed by atoms with van der Waals surface area (Å²) in [6.07, 6.45) is 1.26. The zero-order valence-electron chi connectivity index (χ0n) is 16.3. The molecule has 1 aromatic heterocycles. The molecule has 150 valence electrons. The maximum absolute atomic E-state index is 12.5.